The van der Waals surface area contributed by atoms with Crippen molar-refractivity contribution in [2.24, 2.45) is 0 Å². The van der Waals surface area contributed by atoms with Crippen molar-refractivity contribution in [2.75, 3.05) is 31.2 Å². The fourth-order valence-corrected chi connectivity index (χ4v) is 4.33. The molecule has 0 bridgehead atoms. The Morgan fingerprint density at radius 3 is 2.66 bits per heavy atom. The Kier molecular flexibility index (Phi) is 7.06. The topological polar surface area (TPSA) is 72.3 Å². The van der Waals surface area contributed by atoms with Gasteiger partial charge in [-0.2, -0.15) is 0 Å². The molecule has 9 heteroatoms. The van der Waals surface area contributed by atoms with Crippen molar-refractivity contribution in [3.63, 3.8) is 0 Å². The summed E-state index contributed by atoms with van der Waals surface area (Å²) in [4.78, 5) is 14.9. The van der Waals surface area contributed by atoms with E-state index in [2.05, 4.69) is 26.5 Å². The van der Waals surface area contributed by atoms with E-state index in [9.17, 15) is 9.18 Å². The normalized spacial score (nSPS) is 14.9. The zero-order valence-corrected chi connectivity index (χ0v) is 18.9. The summed E-state index contributed by atoms with van der Waals surface area (Å²) in [6.45, 7) is 6.99. The van der Waals surface area contributed by atoms with E-state index in [1.807, 2.05) is 36.6 Å². The first-order valence-corrected chi connectivity index (χ1v) is 11.4. The van der Waals surface area contributed by atoms with Gasteiger partial charge < -0.3 is 15.0 Å². The molecule has 1 N–H and O–H groups in total. The Balaban J connectivity index is 1.52. The summed E-state index contributed by atoms with van der Waals surface area (Å²) in [5.41, 5.74) is 2.93. The third kappa shape index (κ3) is 5.28. The van der Waals surface area contributed by atoms with Crippen LogP contribution in [0, 0.1) is 12.7 Å². The van der Waals surface area contributed by atoms with Crippen molar-refractivity contribution in [1.29, 1.82) is 0 Å². The van der Waals surface area contributed by atoms with Crippen molar-refractivity contribution in [2.45, 2.75) is 30.8 Å². The summed E-state index contributed by atoms with van der Waals surface area (Å²) in [7, 11) is 0. The Labute approximate surface area is 191 Å². The summed E-state index contributed by atoms with van der Waals surface area (Å²) in [6.07, 6.45) is 0. The zero-order valence-electron chi connectivity index (χ0n) is 18.1. The lowest BCUT2D eigenvalue weighted by atomic mass is 10.2. The second-order valence-corrected chi connectivity index (χ2v) is 8.97. The van der Waals surface area contributed by atoms with Crippen molar-refractivity contribution < 1.29 is 13.9 Å². The number of nitrogens with one attached hydrogen (secondary N) is 1. The number of benzene rings is 2. The molecule has 1 amide bonds. The van der Waals surface area contributed by atoms with Gasteiger partial charge in [-0.05, 0) is 49.2 Å². The van der Waals surface area contributed by atoms with Crippen molar-refractivity contribution in [1.82, 2.24) is 20.1 Å². The molecule has 1 aliphatic heterocycles. The zero-order chi connectivity index (χ0) is 22.5. The van der Waals surface area contributed by atoms with Crippen molar-refractivity contribution in [3.8, 4) is 5.69 Å². The number of aromatic nitrogens is 3. The molecule has 1 unspecified atom stereocenters. The number of anilines is 1. The fraction of sp³-hybridized carbons (Fsp3) is 0.348. The number of amides is 1. The minimum Gasteiger partial charge on any atom is -0.378 e. The Hall–Kier alpha value is -2.91. The molecule has 1 atom stereocenters. The lowest BCUT2D eigenvalue weighted by Crippen LogP contribution is -2.38. The first kappa shape index (κ1) is 22.3. The number of ether oxygens (including phenoxy) is 1. The predicted molar refractivity (Wildman–Crippen MR) is 123 cm³/mol. The van der Waals surface area contributed by atoms with Crippen LogP contribution >= 0.6 is 11.8 Å². The van der Waals surface area contributed by atoms with Gasteiger partial charge in [-0.15, -0.1) is 10.2 Å². The van der Waals surface area contributed by atoms with Crippen LogP contribution in [0.2, 0.25) is 0 Å². The minimum absolute atomic E-state index is 0.119. The second-order valence-electron chi connectivity index (χ2n) is 7.66. The van der Waals surface area contributed by atoms with Crippen LogP contribution in [0.25, 0.3) is 5.69 Å². The summed E-state index contributed by atoms with van der Waals surface area (Å²) in [5, 5.41) is 12.1. The quantitative estimate of drug-likeness (QED) is 0.551. The molecule has 2 heterocycles. The molecule has 168 valence electrons. The molecule has 2 aromatic carbocycles. The number of thioether (sulfide) groups is 1. The minimum atomic E-state index is -0.388. The van der Waals surface area contributed by atoms with Crippen LogP contribution in [0.5, 0.6) is 0 Å². The van der Waals surface area contributed by atoms with Gasteiger partial charge in [-0.25, -0.2) is 4.39 Å². The van der Waals surface area contributed by atoms with Gasteiger partial charge >= 0.3 is 0 Å². The van der Waals surface area contributed by atoms with E-state index < -0.39 is 0 Å². The number of hydrogen-bond donors (Lipinski definition) is 1. The first-order valence-electron chi connectivity index (χ1n) is 10.6. The van der Waals surface area contributed by atoms with E-state index in [0.717, 1.165) is 35.9 Å². The average molecular weight is 456 g/mol. The van der Waals surface area contributed by atoms with E-state index in [-0.39, 0.29) is 17.0 Å². The molecule has 1 saturated heterocycles. The summed E-state index contributed by atoms with van der Waals surface area (Å²) >= 11 is 1.36. The summed E-state index contributed by atoms with van der Waals surface area (Å²) < 4.78 is 20.6. The Morgan fingerprint density at radius 2 is 1.94 bits per heavy atom. The highest BCUT2D eigenvalue weighted by Gasteiger charge is 2.25. The van der Waals surface area contributed by atoms with Gasteiger partial charge in [-0.3, -0.25) is 9.36 Å². The van der Waals surface area contributed by atoms with Crippen LogP contribution in [-0.4, -0.2) is 52.2 Å². The van der Waals surface area contributed by atoms with Crippen LogP contribution in [-0.2, 0) is 16.1 Å². The molecule has 0 saturated carbocycles. The lowest BCUT2D eigenvalue weighted by Gasteiger charge is -2.28. The molecule has 1 aromatic heterocycles. The number of carbonyl (C=O) groups is 1. The van der Waals surface area contributed by atoms with Gasteiger partial charge in [0.25, 0.3) is 0 Å². The SMILES string of the molecule is Cc1cccc(-n2c(SC(C)C(=O)NCc3ccc(F)cc3)nnc2N2CCOCC2)c1. The third-order valence-corrected chi connectivity index (χ3v) is 6.24. The van der Waals surface area contributed by atoms with E-state index in [1.165, 1.54) is 23.9 Å². The molecule has 1 fully saturated rings. The first-order chi connectivity index (χ1) is 15.5. The number of halogens is 1. The van der Waals surface area contributed by atoms with Gasteiger partial charge in [0.2, 0.25) is 11.9 Å². The number of hydrogen-bond acceptors (Lipinski definition) is 6. The molecule has 3 aromatic rings. The monoisotopic (exact) mass is 455 g/mol. The average Bonchev–Trinajstić information content (AvgIpc) is 3.22. The standard InChI is InChI=1S/C23H26FN5O2S/c1-16-4-3-5-20(14-16)29-22(28-10-12-31-13-11-28)26-27-23(29)32-17(2)21(30)25-15-18-6-8-19(24)9-7-18/h3-9,14,17H,10-13,15H2,1-2H3,(H,25,30). The van der Waals surface area contributed by atoms with Gasteiger partial charge in [0.15, 0.2) is 5.16 Å². The van der Waals surface area contributed by atoms with Gasteiger partial charge in [0, 0.05) is 19.6 Å². The molecular formula is C23H26FN5O2S. The van der Waals surface area contributed by atoms with E-state index >= 15 is 0 Å². The summed E-state index contributed by atoms with van der Waals surface area (Å²) in [5.74, 6) is 0.335. The molecular weight excluding hydrogens is 429 g/mol. The van der Waals surface area contributed by atoms with Crippen LogP contribution in [0.4, 0.5) is 10.3 Å². The molecule has 7 nitrogen and oxygen atoms in total. The highest BCUT2D eigenvalue weighted by atomic mass is 32.2. The number of nitrogens with zero attached hydrogens (tertiary/aromatic N) is 4. The molecule has 32 heavy (non-hydrogen) atoms. The smallest absolute Gasteiger partial charge is 0.233 e. The largest absolute Gasteiger partial charge is 0.378 e. The maximum atomic E-state index is 13.1. The Bertz CT molecular complexity index is 1070. The lowest BCUT2D eigenvalue weighted by molar-refractivity contribution is -0.120. The molecule has 4 rings (SSSR count). The molecule has 1 aliphatic rings. The third-order valence-electron chi connectivity index (χ3n) is 5.20. The highest BCUT2D eigenvalue weighted by Crippen LogP contribution is 2.30. The highest BCUT2D eigenvalue weighted by molar-refractivity contribution is 8.00. The second kappa shape index (κ2) is 10.1. The molecule has 0 radical (unpaired) electrons. The van der Waals surface area contributed by atoms with E-state index in [1.54, 1.807) is 12.1 Å². The number of morpholine rings is 1. The maximum Gasteiger partial charge on any atom is 0.233 e. The number of carbonyl (C=O) groups excluding carboxylic acids is 1. The maximum absolute atomic E-state index is 13.1. The number of rotatable bonds is 7. The van der Waals surface area contributed by atoms with Gasteiger partial charge in [0.05, 0.1) is 24.2 Å². The van der Waals surface area contributed by atoms with Gasteiger partial charge in [-0.1, -0.05) is 36.0 Å². The fourth-order valence-electron chi connectivity index (χ4n) is 3.45. The van der Waals surface area contributed by atoms with E-state index in [0.29, 0.717) is 24.9 Å². The Morgan fingerprint density at radius 1 is 1.19 bits per heavy atom. The van der Waals surface area contributed by atoms with Crippen LogP contribution in [0.1, 0.15) is 18.1 Å². The van der Waals surface area contributed by atoms with Gasteiger partial charge in [0.1, 0.15) is 5.82 Å². The van der Waals surface area contributed by atoms with Crippen molar-refractivity contribution >= 4 is 23.6 Å². The molecule has 0 spiro atoms. The van der Waals surface area contributed by atoms with Crippen LogP contribution in [0.3, 0.4) is 0 Å². The number of aryl methyl sites for hydroxylation is 1. The molecule has 0 aliphatic carbocycles. The predicted octanol–water partition coefficient (Wildman–Crippen LogP) is 3.35. The van der Waals surface area contributed by atoms with Crippen LogP contribution in [0.15, 0.2) is 53.7 Å². The van der Waals surface area contributed by atoms with Crippen molar-refractivity contribution in [3.05, 3.63) is 65.5 Å². The summed E-state index contributed by atoms with van der Waals surface area (Å²) in [6, 6.07) is 14.2. The van der Waals surface area contributed by atoms with E-state index in [4.69, 9.17) is 4.74 Å². The van der Waals surface area contributed by atoms with Crippen LogP contribution < -0.4 is 10.2 Å².